The van der Waals surface area contributed by atoms with E-state index in [0.29, 0.717) is 5.52 Å². The van der Waals surface area contributed by atoms with E-state index in [4.69, 9.17) is 0 Å². The maximum absolute atomic E-state index is 10.2. The number of nitrogens with zero attached hydrogens (tertiary/aromatic N) is 2. The number of phenols is 1. The molecule has 0 unspecified atom stereocenters. The number of nitroso groups, excluding NO2 is 1. The van der Waals surface area contributed by atoms with Crippen LogP contribution in [0.2, 0.25) is 0 Å². The Bertz CT molecular complexity index is 468. The minimum atomic E-state index is -0.115. The molecule has 0 saturated carbocycles. The Labute approximate surface area is 73.8 Å². The van der Waals surface area contributed by atoms with Gasteiger partial charge < -0.3 is 5.11 Å². The van der Waals surface area contributed by atoms with Crippen molar-refractivity contribution < 1.29 is 5.11 Å². The molecule has 0 atom stereocenters. The highest BCUT2D eigenvalue weighted by atomic mass is 16.3. The SMILES string of the molecule is O=Nc1cc2ncccc2cc1O. The van der Waals surface area contributed by atoms with Gasteiger partial charge in [-0.3, -0.25) is 4.98 Å². The van der Waals surface area contributed by atoms with Crippen LogP contribution >= 0.6 is 0 Å². The van der Waals surface area contributed by atoms with E-state index in [1.165, 1.54) is 12.1 Å². The number of aromatic nitrogens is 1. The predicted octanol–water partition coefficient (Wildman–Crippen LogP) is 2.34. The van der Waals surface area contributed by atoms with E-state index in [2.05, 4.69) is 10.2 Å². The zero-order valence-corrected chi connectivity index (χ0v) is 6.64. The summed E-state index contributed by atoms with van der Waals surface area (Å²) in [7, 11) is 0. The van der Waals surface area contributed by atoms with Crippen molar-refractivity contribution in [2.24, 2.45) is 5.18 Å². The molecule has 0 radical (unpaired) electrons. The summed E-state index contributed by atoms with van der Waals surface area (Å²) in [6.07, 6.45) is 1.62. The van der Waals surface area contributed by atoms with Crippen molar-refractivity contribution in [2.75, 3.05) is 0 Å². The van der Waals surface area contributed by atoms with Crippen molar-refractivity contribution in [3.05, 3.63) is 35.4 Å². The fourth-order valence-corrected chi connectivity index (χ4v) is 1.17. The standard InChI is InChI=1S/C9H6N2O2/c12-9-4-6-2-1-3-10-7(6)5-8(9)11-13/h1-5,12H. The van der Waals surface area contributed by atoms with Gasteiger partial charge in [0.15, 0.2) is 5.69 Å². The molecule has 1 aromatic heterocycles. The minimum absolute atomic E-state index is 0.0196. The Morgan fingerprint density at radius 2 is 2.23 bits per heavy atom. The lowest BCUT2D eigenvalue weighted by Gasteiger charge is -1.98. The van der Waals surface area contributed by atoms with Gasteiger partial charge in [0.25, 0.3) is 0 Å². The van der Waals surface area contributed by atoms with E-state index in [1.807, 2.05) is 0 Å². The molecule has 4 heteroatoms. The minimum Gasteiger partial charge on any atom is -0.506 e. The summed E-state index contributed by atoms with van der Waals surface area (Å²) >= 11 is 0. The van der Waals surface area contributed by atoms with Gasteiger partial charge in [0.1, 0.15) is 5.75 Å². The van der Waals surface area contributed by atoms with Gasteiger partial charge in [0.05, 0.1) is 5.52 Å². The molecule has 2 rings (SSSR count). The number of hydrogen-bond donors (Lipinski definition) is 1. The maximum atomic E-state index is 10.2. The zero-order chi connectivity index (χ0) is 9.26. The highest BCUT2D eigenvalue weighted by Crippen LogP contribution is 2.29. The molecule has 0 spiro atoms. The van der Waals surface area contributed by atoms with Gasteiger partial charge in [-0.1, -0.05) is 6.07 Å². The van der Waals surface area contributed by atoms with E-state index < -0.39 is 0 Å². The second-order valence-corrected chi connectivity index (χ2v) is 2.63. The number of rotatable bonds is 1. The molecule has 2 aromatic rings. The summed E-state index contributed by atoms with van der Waals surface area (Å²) in [5.41, 5.74) is 0.668. The van der Waals surface area contributed by atoms with Gasteiger partial charge in [-0.2, -0.15) is 0 Å². The molecule has 0 aliphatic carbocycles. The molecular formula is C9H6N2O2. The zero-order valence-electron chi connectivity index (χ0n) is 6.64. The molecule has 4 nitrogen and oxygen atoms in total. The number of pyridine rings is 1. The van der Waals surface area contributed by atoms with Crippen LogP contribution in [0.4, 0.5) is 5.69 Å². The smallest absolute Gasteiger partial charge is 0.151 e. The van der Waals surface area contributed by atoms with Crippen molar-refractivity contribution in [1.29, 1.82) is 0 Å². The first kappa shape index (κ1) is 7.67. The van der Waals surface area contributed by atoms with Gasteiger partial charge in [-0.25, -0.2) is 0 Å². The summed E-state index contributed by atoms with van der Waals surface area (Å²) in [5.74, 6) is -0.115. The lowest BCUT2D eigenvalue weighted by molar-refractivity contribution is 0.477. The number of hydrogen-bond acceptors (Lipinski definition) is 4. The van der Waals surface area contributed by atoms with Gasteiger partial charge in [0.2, 0.25) is 0 Å². The first-order chi connectivity index (χ1) is 6.31. The summed E-state index contributed by atoms with van der Waals surface area (Å²) in [5, 5.41) is 12.8. The van der Waals surface area contributed by atoms with Gasteiger partial charge in [-0.05, 0) is 23.4 Å². The second kappa shape index (κ2) is 2.82. The molecule has 0 bridgehead atoms. The highest BCUT2D eigenvalue weighted by Gasteiger charge is 2.03. The number of aromatic hydroxyl groups is 1. The Balaban J connectivity index is 2.81. The van der Waals surface area contributed by atoms with Crippen molar-refractivity contribution >= 4 is 16.6 Å². The summed E-state index contributed by atoms with van der Waals surface area (Å²) in [4.78, 5) is 14.3. The Morgan fingerprint density at radius 3 is 3.00 bits per heavy atom. The van der Waals surface area contributed by atoms with Crippen LogP contribution in [0, 0.1) is 4.91 Å². The number of phenolic OH excluding ortho intramolecular Hbond substituents is 1. The highest BCUT2D eigenvalue weighted by molar-refractivity contribution is 5.84. The first-order valence-electron chi connectivity index (χ1n) is 3.72. The second-order valence-electron chi connectivity index (χ2n) is 2.63. The average Bonchev–Trinajstić information content (AvgIpc) is 2.17. The topological polar surface area (TPSA) is 62.5 Å². The van der Waals surface area contributed by atoms with Crippen LogP contribution in [0.25, 0.3) is 10.9 Å². The monoisotopic (exact) mass is 174 g/mol. The molecule has 1 heterocycles. The summed E-state index contributed by atoms with van der Waals surface area (Å²) in [6, 6.07) is 6.49. The molecule has 0 aliphatic rings. The van der Waals surface area contributed by atoms with E-state index in [1.54, 1.807) is 18.3 Å². The number of benzene rings is 1. The molecule has 1 aromatic carbocycles. The molecule has 0 fully saturated rings. The molecule has 64 valence electrons. The predicted molar refractivity (Wildman–Crippen MR) is 48.9 cm³/mol. The average molecular weight is 174 g/mol. The Hall–Kier alpha value is -1.97. The fraction of sp³-hybridized carbons (Fsp3) is 0. The van der Waals surface area contributed by atoms with Crippen molar-refractivity contribution in [3.8, 4) is 5.75 Å². The molecule has 0 saturated heterocycles. The van der Waals surface area contributed by atoms with Crippen LogP contribution in [-0.4, -0.2) is 10.1 Å². The Kier molecular flexibility index (Phi) is 1.66. The van der Waals surface area contributed by atoms with Crippen LogP contribution in [0.5, 0.6) is 5.75 Å². The molecular weight excluding hydrogens is 168 g/mol. The van der Waals surface area contributed by atoms with Crippen molar-refractivity contribution in [1.82, 2.24) is 4.98 Å². The lowest BCUT2D eigenvalue weighted by Crippen LogP contribution is -1.77. The van der Waals surface area contributed by atoms with Crippen LogP contribution in [0.3, 0.4) is 0 Å². The molecule has 0 aliphatic heterocycles. The fourth-order valence-electron chi connectivity index (χ4n) is 1.17. The van der Waals surface area contributed by atoms with Crippen molar-refractivity contribution in [2.45, 2.75) is 0 Å². The van der Waals surface area contributed by atoms with Crippen LogP contribution in [0.1, 0.15) is 0 Å². The normalized spacial score (nSPS) is 10.2. The molecule has 0 amide bonds. The van der Waals surface area contributed by atoms with Crippen LogP contribution in [0.15, 0.2) is 35.6 Å². The third kappa shape index (κ3) is 1.22. The summed E-state index contributed by atoms with van der Waals surface area (Å²) in [6.45, 7) is 0. The van der Waals surface area contributed by atoms with Gasteiger partial charge >= 0.3 is 0 Å². The molecule has 13 heavy (non-hydrogen) atoms. The van der Waals surface area contributed by atoms with Gasteiger partial charge in [0, 0.05) is 11.6 Å². The van der Waals surface area contributed by atoms with Crippen LogP contribution in [-0.2, 0) is 0 Å². The third-order valence-corrected chi connectivity index (χ3v) is 1.80. The van der Waals surface area contributed by atoms with E-state index >= 15 is 0 Å². The van der Waals surface area contributed by atoms with E-state index in [-0.39, 0.29) is 11.4 Å². The maximum Gasteiger partial charge on any atom is 0.151 e. The number of fused-ring (bicyclic) bond motifs is 1. The molecule has 1 N–H and O–H groups in total. The third-order valence-electron chi connectivity index (χ3n) is 1.80. The van der Waals surface area contributed by atoms with Crippen LogP contribution < -0.4 is 0 Å². The summed E-state index contributed by atoms with van der Waals surface area (Å²) < 4.78 is 0. The van der Waals surface area contributed by atoms with E-state index in [0.717, 1.165) is 5.39 Å². The Morgan fingerprint density at radius 1 is 1.38 bits per heavy atom. The largest absolute Gasteiger partial charge is 0.506 e. The lowest BCUT2D eigenvalue weighted by atomic mass is 10.2. The van der Waals surface area contributed by atoms with Crippen molar-refractivity contribution in [3.63, 3.8) is 0 Å². The first-order valence-corrected chi connectivity index (χ1v) is 3.72. The van der Waals surface area contributed by atoms with E-state index in [9.17, 15) is 10.0 Å². The quantitative estimate of drug-likeness (QED) is 0.675. The van der Waals surface area contributed by atoms with Gasteiger partial charge in [-0.15, -0.1) is 4.91 Å².